The van der Waals surface area contributed by atoms with Gasteiger partial charge < -0.3 is 10.0 Å². The standard InChI is InChI=1S/C33H44ClN3O3/c1-5-28(15-12-20-34)31-19-22-37(24-31)33(40)30(23-26(3)35-21-11-7-10-16-32(38)39)18-17-25(2)36-27(4)29-13-8-6-9-14-29/h5-6,8-9,12-15,17-18,21,23,25-26,31H,7,10-11,16,19-20,22,24H2,1-4H3,(H,38,39)/b15-12-,18-17-,28-5+,30-23+,35-21+,36-27+. The molecule has 1 heterocycles. The molecular formula is C33H44ClN3O3. The van der Waals surface area contributed by atoms with E-state index in [9.17, 15) is 9.59 Å². The van der Waals surface area contributed by atoms with Gasteiger partial charge in [-0.05, 0) is 76.8 Å². The molecule has 1 aliphatic heterocycles. The number of alkyl halides is 1. The molecule has 216 valence electrons. The highest BCUT2D eigenvalue weighted by Crippen LogP contribution is 2.26. The molecule has 0 aliphatic carbocycles. The normalized spacial score (nSPS) is 18.8. The topological polar surface area (TPSA) is 82.3 Å². The highest BCUT2D eigenvalue weighted by molar-refractivity contribution is 6.18. The van der Waals surface area contributed by atoms with Crippen molar-refractivity contribution in [3.05, 3.63) is 83.5 Å². The lowest BCUT2D eigenvalue weighted by atomic mass is 9.97. The maximum atomic E-state index is 13.7. The molecule has 6 nitrogen and oxygen atoms in total. The number of hydrogen-bond acceptors (Lipinski definition) is 4. The smallest absolute Gasteiger partial charge is 0.303 e. The van der Waals surface area contributed by atoms with Gasteiger partial charge in [0.25, 0.3) is 5.91 Å². The minimum absolute atomic E-state index is 0.00463. The van der Waals surface area contributed by atoms with Gasteiger partial charge in [0.1, 0.15) is 0 Å². The summed E-state index contributed by atoms with van der Waals surface area (Å²) >= 11 is 5.84. The van der Waals surface area contributed by atoms with Crippen LogP contribution in [-0.2, 0) is 9.59 Å². The zero-order valence-corrected chi connectivity index (χ0v) is 25.1. The molecule has 0 saturated carbocycles. The molecule has 40 heavy (non-hydrogen) atoms. The van der Waals surface area contributed by atoms with Crippen LogP contribution >= 0.6 is 11.6 Å². The monoisotopic (exact) mass is 565 g/mol. The first-order chi connectivity index (χ1) is 19.2. The van der Waals surface area contributed by atoms with Crippen molar-refractivity contribution in [2.45, 2.75) is 71.9 Å². The van der Waals surface area contributed by atoms with E-state index in [1.54, 1.807) is 0 Å². The fourth-order valence-corrected chi connectivity index (χ4v) is 4.74. The van der Waals surface area contributed by atoms with E-state index in [1.807, 2.05) is 93.4 Å². The van der Waals surface area contributed by atoms with E-state index in [-0.39, 0.29) is 30.3 Å². The molecule has 2 rings (SSSR count). The van der Waals surface area contributed by atoms with Gasteiger partial charge in [0, 0.05) is 42.6 Å². The Balaban J connectivity index is 2.18. The second-order valence-corrected chi connectivity index (χ2v) is 10.4. The molecule has 1 aromatic rings. The average molecular weight is 566 g/mol. The van der Waals surface area contributed by atoms with Gasteiger partial charge in [-0.3, -0.25) is 19.6 Å². The maximum absolute atomic E-state index is 13.7. The van der Waals surface area contributed by atoms with Crippen molar-refractivity contribution in [1.29, 1.82) is 0 Å². The van der Waals surface area contributed by atoms with Gasteiger partial charge in [0.2, 0.25) is 0 Å². The van der Waals surface area contributed by atoms with Crippen LogP contribution in [0.1, 0.15) is 65.4 Å². The second kappa shape index (κ2) is 18.2. The van der Waals surface area contributed by atoms with Crippen molar-refractivity contribution in [1.82, 2.24) is 4.90 Å². The van der Waals surface area contributed by atoms with Crippen LogP contribution in [0.4, 0.5) is 0 Å². The largest absolute Gasteiger partial charge is 0.481 e. The number of hydrogen-bond donors (Lipinski definition) is 1. The lowest BCUT2D eigenvalue weighted by Crippen LogP contribution is -2.30. The van der Waals surface area contributed by atoms with Gasteiger partial charge in [-0.1, -0.05) is 60.7 Å². The van der Waals surface area contributed by atoms with E-state index in [2.05, 4.69) is 17.1 Å². The number of allylic oxidation sites excluding steroid dienone is 3. The Labute approximate surface area is 244 Å². The van der Waals surface area contributed by atoms with E-state index < -0.39 is 5.97 Å². The molecule has 0 bridgehead atoms. The van der Waals surface area contributed by atoms with E-state index in [1.165, 1.54) is 5.57 Å². The van der Waals surface area contributed by atoms with E-state index in [0.29, 0.717) is 37.4 Å². The molecule has 1 aromatic carbocycles. The number of carboxylic acid groups (broad SMARTS) is 1. The zero-order chi connectivity index (χ0) is 29.3. The van der Waals surface area contributed by atoms with Crippen LogP contribution in [0.3, 0.4) is 0 Å². The minimum Gasteiger partial charge on any atom is -0.481 e. The molecule has 1 saturated heterocycles. The van der Waals surface area contributed by atoms with Crippen molar-refractivity contribution in [2.24, 2.45) is 15.9 Å². The fraction of sp³-hybridized carbons (Fsp3) is 0.455. The third-order valence-electron chi connectivity index (χ3n) is 6.80. The Morgan fingerprint density at radius 1 is 1.15 bits per heavy atom. The summed E-state index contributed by atoms with van der Waals surface area (Å²) in [4.78, 5) is 35.7. The molecule has 1 amide bonds. The SMILES string of the molecule is C/C=C(\C=C/CCl)C1CCN(C(=O)C(/C=C\C(C)/N=C(\C)c2ccccc2)=C/C(C)/N=C/CCCCC(=O)O)C1. The summed E-state index contributed by atoms with van der Waals surface area (Å²) in [5, 5.41) is 8.79. The molecule has 0 spiro atoms. The van der Waals surface area contributed by atoms with Gasteiger partial charge in [0.15, 0.2) is 0 Å². The minimum atomic E-state index is -0.776. The first-order valence-electron chi connectivity index (χ1n) is 14.2. The van der Waals surface area contributed by atoms with Crippen LogP contribution in [0.2, 0.25) is 0 Å². The Hall–Kier alpha value is -3.25. The number of carbonyl (C=O) groups is 2. The summed E-state index contributed by atoms with van der Waals surface area (Å²) in [5.74, 6) is -0.0272. The van der Waals surface area contributed by atoms with Gasteiger partial charge in [0.05, 0.1) is 12.1 Å². The van der Waals surface area contributed by atoms with Crippen LogP contribution in [0.25, 0.3) is 0 Å². The van der Waals surface area contributed by atoms with Crippen LogP contribution in [-0.4, -0.2) is 64.9 Å². The van der Waals surface area contributed by atoms with E-state index in [0.717, 1.165) is 24.1 Å². The number of likely N-dealkylation sites (tertiary alicyclic amines) is 1. The van der Waals surface area contributed by atoms with Gasteiger partial charge >= 0.3 is 5.97 Å². The maximum Gasteiger partial charge on any atom is 0.303 e. The van der Waals surface area contributed by atoms with Crippen molar-refractivity contribution in [2.75, 3.05) is 19.0 Å². The molecule has 0 radical (unpaired) electrons. The Bertz CT molecular complexity index is 1130. The van der Waals surface area contributed by atoms with Gasteiger partial charge in [-0.25, -0.2) is 0 Å². The highest BCUT2D eigenvalue weighted by atomic mass is 35.5. The van der Waals surface area contributed by atoms with Gasteiger partial charge in [-0.15, -0.1) is 11.6 Å². The van der Waals surface area contributed by atoms with Crippen molar-refractivity contribution in [3.63, 3.8) is 0 Å². The molecule has 1 N–H and O–H groups in total. The Morgan fingerprint density at radius 3 is 2.58 bits per heavy atom. The third kappa shape index (κ3) is 11.9. The average Bonchev–Trinajstić information content (AvgIpc) is 3.43. The zero-order valence-electron chi connectivity index (χ0n) is 24.3. The Morgan fingerprint density at radius 2 is 1.90 bits per heavy atom. The lowest BCUT2D eigenvalue weighted by molar-refractivity contribution is -0.137. The number of rotatable bonds is 15. The molecule has 7 heteroatoms. The van der Waals surface area contributed by atoms with Crippen molar-refractivity contribution in [3.8, 4) is 0 Å². The number of benzene rings is 1. The lowest BCUT2D eigenvalue weighted by Gasteiger charge is -2.18. The molecule has 1 fully saturated rings. The van der Waals surface area contributed by atoms with Crippen LogP contribution < -0.4 is 0 Å². The number of aliphatic carboxylic acids is 1. The van der Waals surface area contributed by atoms with E-state index >= 15 is 0 Å². The van der Waals surface area contributed by atoms with Crippen molar-refractivity contribution < 1.29 is 14.7 Å². The van der Waals surface area contributed by atoms with Crippen molar-refractivity contribution >= 4 is 35.4 Å². The molecule has 3 atom stereocenters. The highest BCUT2D eigenvalue weighted by Gasteiger charge is 2.28. The summed E-state index contributed by atoms with van der Waals surface area (Å²) in [7, 11) is 0. The third-order valence-corrected chi connectivity index (χ3v) is 6.98. The summed E-state index contributed by atoms with van der Waals surface area (Å²) in [6, 6.07) is 9.76. The quantitative estimate of drug-likeness (QED) is 0.0812. The first kappa shape index (κ1) is 33.0. The Kier molecular flexibility index (Phi) is 15.0. The van der Waals surface area contributed by atoms with Gasteiger partial charge in [-0.2, -0.15) is 0 Å². The summed E-state index contributed by atoms with van der Waals surface area (Å²) in [5.41, 5.74) is 3.83. The van der Waals surface area contributed by atoms with Crippen LogP contribution in [0.15, 0.2) is 87.9 Å². The number of aliphatic imine (C=N–C) groups is 2. The predicted octanol–water partition coefficient (Wildman–Crippen LogP) is 7.06. The molecular weight excluding hydrogens is 522 g/mol. The predicted molar refractivity (Wildman–Crippen MR) is 168 cm³/mol. The summed E-state index contributed by atoms with van der Waals surface area (Å²) in [6.45, 7) is 9.35. The molecule has 0 aromatic heterocycles. The molecule has 1 aliphatic rings. The number of carboxylic acids is 1. The number of unbranched alkanes of at least 4 members (excludes halogenated alkanes) is 2. The first-order valence-corrected chi connectivity index (χ1v) is 14.7. The number of nitrogens with zero attached hydrogens (tertiary/aromatic N) is 3. The summed E-state index contributed by atoms with van der Waals surface area (Å²) < 4.78 is 0. The molecule has 3 unspecified atom stereocenters. The fourth-order valence-electron chi connectivity index (χ4n) is 4.65. The summed E-state index contributed by atoms with van der Waals surface area (Å²) in [6.07, 6.45) is 16.9. The second-order valence-electron chi connectivity index (χ2n) is 10.1. The number of halogens is 1. The van der Waals surface area contributed by atoms with Crippen LogP contribution in [0.5, 0.6) is 0 Å². The number of carbonyl (C=O) groups excluding carboxylic acids is 1. The van der Waals surface area contributed by atoms with E-state index in [4.69, 9.17) is 21.7 Å². The van der Waals surface area contributed by atoms with Crippen LogP contribution in [0, 0.1) is 5.92 Å². The number of amides is 1.